The molecule has 0 saturated heterocycles. The van der Waals surface area contributed by atoms with Crippen LogP contribution in [0.15, 0.2) is 51.8 Å². The van der Waals surface area contributed by atoms with Gasteiger partial charge in [-0.05, 0) is 39.9 Å². The van der Waals surface area contributed by atoms with E-state index >= 15 is 0 Å². The Morgan fingerprint density at radius 1 is 1.11 bits per heavy atom. The van der Waals surface area contributed by atoms with Crippen molar-refractivity contribution in [1.29, 1.82) is 0 Å². The predicted molar refractivity (Wildman–Crippen MR) is 136 cm³/mol. The van der Waals surface area contributed by atoms with Crippen LogP contribution in [-0.2, 0) is 40.2 Å². The quantitative estimate of drug-likeness (QED) is 0.470. The Labute approximate surface area is 210 Å². The highest BCUT2D eigenvalue weighted by atomic mass is 28.3. The molecular weight excluding hydrogens is 479 g/mol. The highest BCUT2D eigenvalue weighted by Crippen LogP contribution is 2.33. The number of hydrogen-bond acceptors (Lipinski definition) is 5. The van der Waals surface area contributed by atoms with E-state index in [0.29, 0.717) is 25.1 Å². The van der Waals surface area contributed by atoms with Gasteiger partial charge in [-0.2, -0.15) is 5.16 Å². The standard InChI is InChI=1S/C27H31FN2O5Si/c1-34-16-18-5-7-21-19(11-18)9-10-30(26(33)15-20-14-25(32)29-35-20)27(21)23(31)13-17-6-8-24(22(28)12-17)36(2,3)4/h5-8,11-12,14,27H,9-10,13,15-16H2,1-4H3,(H,29,32)/t27-/m1/s1. The third kappa shape index (κ3) is 5.57. The second kappa shape index (κ2) is 10.4. The zero-order chi connectivity index (χ0) is 26.0. The molecule has 36 heavy (non-hydrogen) atoms. The molecule has 0 radical (unpaired) electrons. The lowest BCUT2D eigenvalue weighted by Crippen LogP contribution is -2.44. The molecule has 1 atom stereocenters. The number of benzene rings is 2. The van der Waals surface area contributed by atoms with Gasteiger partial charge in [0, 0.05) is 26.1 Å². The molecule has 1 aromatic heterocycles. The van der Waals surface area contributed by atoms with Crippen molar-refractivity contribution in [3.63, 3.8) is 0 Å². The number of nitrogens with one attached hydrogen (secondary N) is 1. The first-order chi connectivity index (χ1) is 17.1. The fourth-order valence-corrected chi connectivity index (χ4v) is 6.16. The summed E-state index contributed by atoms with van der Waals surface area (Å²) in [7, 11) is -0.228. The molecule has 0 fully saturated rings. The molecule has 3 aromatic rings. The first-order valence-electron chi connectivity index (χ1n) is 12.0. The molecule has 1 N–H and O–H groups in total. The van der Waals surface area contributed by atoms with E-state index in [1.807, 2.05) is 18.2 Å². The molecule has 2 aromatic carbocycles. The third-order valence-corrected chi connectivity index (χ3v) is 8.51. The highest BCUT2D eigenvalue weighted by Gasteiger charge is 2.36. The van der Waals surface area contributed by atoms with Crippen molar-refractivity contribution >= 4 is 25.0 Å². The number of methoxy groups -OCH3 is 1. The third-order valence-electron chi connectivity index (χ3n) is 6.49. The molecule has 7 nitrogen and oxygen atoms in total. The lowest BCUT2D eigenvalue weighted by Gasteiger charge is -2.36. The summed E-state index contributed by atoms with van der Waals surface area (Å²) in [6.45, 7) is 7.01. The van der Waals surface area contributed by atoms with Crippen LogP contribution in [0, 0.1) is 5.82 Å². The van der Waals surface area contributed by atoms with Crippen LogP contribution in [0.3, 0.4) is 0 Å². The normalized spacial score (nSPS) is 15.6. The fourth-order valence-electron chi connectivity index (χ4n) is 4.79. The van der Waals surface area contributed by atoms with Gasteiger partial charge in [0.2, 0.25) is 5.91 Å². The van der Waals surface area contributed by atoms with Crippen LogP contribution >= 0.6 is 0 Å². The van der Waals surface area contributed by atoms with Gasteiger partial charge in [-0.15, -0.1) is 0 Å². The molecular formula is C27H31FN2O5Si. The van der Waals surface area contributed by atoms with Crippen molar-refractivity contribution in [3.8, 4) is 0 Å². The fraction of sp³-hybridized carbons (Fsp3) is 0.370. The molecule has 1 aliphatic heterocycles. The van der Waals surface area contributed by atoms with E-state index in [4.69, 9.17) is 9.26 Å². The number of fused-ring (bicyclic) bond motifs is 1. The summed E-state index contributed by atoms with van der Waals surface area (Å²) in [4.78, 5) is 39.9. The summed E-state index contributed by atoms with van der Waals surface area (Å²) in [5.74, 6) is -0.591. The number of ketones is 1. The zero-order valence-corrected chi connectivity index (χ0v) is 22.0. The van der Waals surface area contributed by atoms with E-state index < -0.39 is 19.7 Å². The number of aromatic nitrogens is 1. The van der Waals surface area contributed by atoms with Crippen molar-refractivity contribution in [2.45, 2.75) is 51.6 Å². The zero-order valence-electron chi connectivity index (χ0n) is 21.0. The van der Waals surface area contributed by atoms with Crippen LogP contribution < -0.4 is 10.7 Å². The van der Waals surface area contributed by atoms with Crippen molar-refractivity contribution in [2.75, 3.05) is 13.7 Å². The number of nitrogens with zero attached hydrogens (tertiary/aromatic N) is 1. The monoisotopic (exact) mass is 510 g/mol. The maximum Gasteiger partial charge on any atom is 0.280 e. The first kappa shape index (κ1) is 25.8. The predicted octanol–water partition coefficient (Wildman–Crippen LogP) is 3.28. The van der Waals surface area contributed by atoms with E-state index in [0.717, 1.165) is 21.9 Å². The molecule has 2 heterocycles. The number of halogens is 1. The molecule has 0 aliphatic carbocycles. The minimum Gasteiger partial charge on any atom is -0.383 e. The van der Waals surface area contributed by atoms with Crippen molar-refractivity contribution in [2.24, 2.45) is 0 Å². The van der Waals surface area contributed by atoms with E-state index in [9.17, 15) is 18.8 Å². The summed E-state index contributed by atoms with van der Waals surface area (Å²) >= 11 is 0. The minimum absolute atomic E-state index is 0.00412. The number of hydrogen-bond donors (Lipinski definition) is 1. The molecule has 0 saturated carbocycles. The Balaban J connectivity index is 1.65. The van der Waals surface area contributed by atoms with Crippen LogP contribution in [-0.4, -0.2) is 43.5 Å². The second-order valence-corrected chi connectivity index (χ2v) is 15.3. The van der Waals surface area contributed by atoms with E-state index in [-0.39, 0.29) is 36.1 Å². The Bertz CT molecular complexity index is 1340. The summed E-state index contributed by atoms with van der Waals surface area (Å²) in [5, 5.41) is 2.90. The van der Waals surface area contributed by atoms with Crippen LogP contribution in [0.2, 0.25) is 19.6 Å². The molecule has 0 spiro atoms. The summed E-state index contributed by atoms with van der Waals surface area (Å²) in [5.41, 5.74) is 2.88. The summed E-state index contributed by atoms with van der Waals surface area (Å²) < 4.78 is 25.2. The van der Waals surface area contributed by atoms with E-state index in [1.54, 1.807) is 24.1 Å². The SMILES string of the molecule is COCc1ccc2c(c1)CCN(C(=O)Cc1cc(=O)[nH]o1)[C@H]2C(=O)Cc1ccc([Si](C)(C)C)c(F)c1. The van der Waals surface area contributed by atoms with Crippen LogP contribution in [0.25, 0.3) is 0 Å². The van der Waals surface area contributed by atoms with E-state index in [2.05, 4.69) is 24.8 Å². The average Bonchev–Trinajstić information content (AvgIpc) is 3.21. The van der Waals surface area contributed by atoms with Gasteiger partial charge in [0.05, 0.1) is 21.1 Å². The number of carbonyl (C=O) groups is 2. The molecule has 190 valence electrons. The van der Waals surface area contributed by atoms with Crippen molar-refractivity contribution in [1.82, 2.24) is 10.1 Å². The van der Waals surface area contributed by atoms with Crippen LogP contribution in [0.5, 0.6) is 0 Å². The van der Waals surface area contributed by atoms with Crippen LogP contribution in [0.4, 0.5) is 4.39 Å². The Morgan fingerprint density at radius 3 is 2.50 bits per heavy atom. The molecule has 0 unspecified atom stereocenters. The topological polar surface area (TPSA) is 92.6 Å². The number of H-pyrrole nitrogens is 1. The van der Waals surface area contributed by atoms with Crippen LogP contribution in [0.1, 0.15) is 34.1 Å². The number of rotatable bonds is 8. The molecule has 9 heteroatoms. The maximum atomic E-state index is 14.9. The lowest BCUT2D eigenvalue weighted by atomic mass is 9.87. The Kier molecular flexibility index (Phi) is 7.42. The van der Waals surface area contributed by atoms with Gasteiger partial charge < -0.3 is 14.2 Å². The van der Waals surface area contributed by atoms with Gasteiger partial charge in [-0.3, -0.25) is 14.4 Å². The number of carbonyl (C=O) groups excluding carboxylic acids is 2. The Morgan fingerprint density at radius 2 is 1.86 bits per heavy atom. The van der Waals surface area contributed by atoms with Crippen molar-refractivity contribution in [3.05, 3.63) is 86.6 Å². The lowest BCUT2D eigenvalue weighted by molar-refractivity contribution is -0.140. The van der Waals surface area contributed by atoms with Gasteiger partial charge in [0.15, 0.2) is 5.78 Å². The molecule has 1 aliphatic rings. The molecule has 1 amide bonds. The van der Waals surface area contributed by atoms with Gasteiger partial charge in [-0.25, -0.2) is 4.39 Å². The maximum absolute atomic E-state index is 14.9. The average molecular weight is 511 g/mol. The first-order valence-corrected chi connectivity index (χ1v) is 15.5. The Hall–Kier alpha value is -3.30. The van der Waals surface area contributed by atoms with Gasteiger partial charge in [-0.1, -0.05) is 50.0 Å². The van der Waals surface area contributed by atoms with Gasteiger partial charge >= 0.3 is 0 Å². The largest absolute Gasteiger partial charge is 0.383 e. The minimum atomic E-state index is -1.85. The number of Topliss-reactive ketones (excluding diaryl/α,β-unsaturated/α-hetero) is 1. The second-order valence-electron chi connectivity index (χ2n) is 10.3. The van der Waals surface area contributed by atoms with Gasteiger partial charge in [0.1, 0.15) is 17.6 Å². The summed E-state index contributed by atoms with van der Waals surface area (Å²) in [6, 6.07) is 11.2. The summed E-state index contributed by atoms with van der Waals surface area (Å²) in [6.07, 6.45) is 0.439. The smallest absolute Gasteiger partial charge is 0.280 e. The highest BCUT2D eigenvalue weighted by molar-refractivity contribution is 6.88. The van der Waals surface area contributed by atoms with Gasteiger partial charge in [0.25, 0.3) is 5.56 Å². The number of aromatic amines is 1. The molecule has 0 bridgehead atoms. The number of ether oxygens (including phenoxy) is 1. The molecule has 4 rings (SSSR count). The van der Waals surface area contributed by atoms with Crippen molar-refractivity contribution < 1.29 is 23.2 Å². The van der Waals surface area contributed by atoms with E-state index in [1.165, 1.54) is 12.1 Å². The number of amides is 1.